The maximum absolute atomic E-state index is 2.76. The first-order valence-corrected chi connectivity index (χ1v) is 12.0. The normalized spacial score (nSPS) is 52.3. The first kappa shape index (κ1) is 18.4. The standard InChI is InChI=1S/C25H44/c1-5-7-10-19-11-12-21-20-13-18-25(6-2)16-9-8-15-24(25,4)22(20)14-17-23(19,21)3/h19-22H,5-18H2,1-4H3. The maximum atomic E-state index is 2.76. The number of unbranched alkanes of at least 4 members (excludes halogenated alkanes) is 1. The molecule has 0 heteroatoms. The zero-order valence-corrected chi connectivity index (χ0v) is 17.7. The Morgan fingerprint density at radius 2 is 1.60 bits per heavy atom. The van der Waals surface area contributed by atoms with E-state index in [1.54, 1.807) is 51.4 Å². The van der Waals surface area contributed by atoms with Gasteiger partial charge < -0.3 is 0 Å². The summed E-state index contributed by atoms with van der Waals surface area (Å²) in [5.41, 5.74) is 2.08. The van der Waals surface area contributed by atoms with Gasteiger partial charge in [-0.1, -0.05) is 53.4 Å². The van der Waals surface area contributed by atoms with Gasteiger partial charge in [0.15, 0.2) is 0 Å². The average Bonchev–Trinajstić information content (AvgIpc) is 2.96. The van der Waals surface area contributed by atoms with Gasteiger partial charge in [-0.25, -0.2) is 0 Å². The van der Waals surface area contributed by atoms with Crippen molar-refractivity contribution in [2.24, 2.45) is 39.9 Å². The Morgan fingerprint density at radius 1 is 0.800 bits per heavy atom. The van der Waals surface area contributed by atoms with Crippen molar-refractivity contribution in [2.45, 2.75) is 118 Å². The highest BCUT2D eigenvalue weighted by atomic mass is 14.7. The SMILES string of the molecule is CCCCC1CCC2C3CCC4(CC)CCCCC4(C)C3CCC12C. The summed E-state index contributed by atoms with van der Waals surface area (Å²) < 4.78 is 0. The number of hydrogen-bond donors (Lipinski definition) is 0. The predicted octanol–water partition coefficient (Wildman–Crippen LogP) is 8.01. The minimum Gasteiger partial charge on any atom is -0.0654 e. The van der Waals surface area contributed by atoms with Gasteiger partial charge >= 0.3 is 0 Å². The Bertz CT molecular complexity index is 480. The van der Waals surface area contributed by atoms with Crippen molar-refractivity contribution in [1.29, 1.82) is 0 Å². The van der Waals surface area contributed by atoms with Crippen molar-refractivity contribution in [3.63, 3.8) is 0 Å². The van der Waals surface area contributed by atoms with Gasteiger partial charge in [0.25, 0.3) is 0 Å². The van der Waals surface area contributed by atoms with Gasteiger partial charge in [0, 0.05) is 0 Å². The second-order valence-corrected chi connectivity index (χ2v) is 11.1. The topological polar surface area (TPSA) is 0 Å². The fraction of sp³-hybridized carbons (Fsp3) is 1.00. The van der Waals surface area contributed by atoms with Crippen LogP contribution >= 0.6 is 0 Å². The Labute approximate surface area is 157 Å². The lowest BCUT2D eigenvalue weighted by Gasteiger charge is -2.65. The molecule has 0 aromatic rings. The third-order valence-corrected chi connectivity index (χ3v) is 10.8. The minimum atomic E-state index is 0.672. The highest BCUT2D eigenvalue weighted by Crippen LogP contribution is 2.71. The van der Waals surface area contributed by atoms with Crippen molar-refractivity contribution >= 4 is 0 Å². The molecule has 0 bridgehead atoms. The molecule has 0 aromatic heterocycles. The van der Waals surface area contributed by atoms with Crippen molar-refractivity contribution in [3.8, 4) is 0 Å². The molecule has 4 rings (SSSR count). The lowest BCUT2D eigenvalue weighted by Crippen LogP contribution is -2.57. The number of hydrogen-bond acceptors (Lipinski definition) is 0. The van der Waals surface area contributed by atoms with Crippen LogP contribution in [0.3, 0.4) is 0 Å². The fourth-order valence-corrected chi connectivity index (χ4v) is 9.21. The van der Waals surface area contributed by atoms with Gasteiger partial charge in [0.1, 0.15) is 0 Å². The lowest BCUT2D eigenvalue weighted by molar-refractivity contribution is -0.161. The molecule has 0 saturated heterocycles. The van der Waals surface area contributed by atoms with Gasteiger partial charge in [-0.2, -0.15) is 0 Å². The summed E-state index contributed by atoms with van der Waals surface area (Å²) in [6, 6.07) is 0. The monoisotopic (exact) mass is 344 g/mol. The van der Waals surface area contributed by atoms with Gasteiger partial charge in [-0.3, -0.25) is 0 Å². The fourth-order valence-electron chi connectivity index (χ4n) is 9.21. The van der Waals surface area contributed by atoms with E-state index < -0.39 is 0 Å². The summed E-state index contributed by atoms with van der Waals surface area (Å²) >= 11 is 0. The Kier molecular flexibility index (Phi) is 4.82. The van der Waals surface area contributed by atoms with Crippen LogP contribution in [0.1, 0.15) is 118 Å². The second kappa shape index (κ2) is 6.56. The van der Waals surface area contributed by atoms with Gasteiger partial charge in [-0.15, -0.1) is 0 Å². The summed E-state index contributed by atoms with van der Waals surface area (Å²) in [5, 5.41) is 0. The molecule has 25 heavy (non-hydrogen) atoms. The molecule has 0 amide bonds. The van der Waals surface area contributed by atoms with Crippen LogP contribution in [0, 0.1) is 39.9 Å². The van der Waals surface area contributed by atoms with Crippen LogP contribution in [-0.2, 0) is 0 Å². The van der Waals surface area contributed by atoms with E-state index in [-0.39, 0.29) is 0 Å². The molecule has 7 unspecified atom stereocenters. The molecule has 4 saturated carbocycles. The molecule has 0 aromatic carbocycles. The van der Waals surface area contributed by atoms with E-state index in [1.807, 2.05) is 0 Å². The Hall–Kier alpha value is 0. The maximum Gasteiger partial charge on any atom is -0.0238 e. The summed E-state index contributed by atoms with van der Waals surface area (Å²) in [4.78, 5) is 0. The van der Waals surface area contributed by atoms with E-state index in [4.69, 9.17) is 0 Å². The van der Waals surface area contributed by atoms with Crippen LogP contribution in [0.15, 0.2) is 0 Å². The Balaban J connectivity index is 1.59. The third kappa shape index (κ3) is 2.51. The largest absolute Gasteiger partial charge is 0.0654 e. The van der Waals surface area contributed by atoms with Crippen LogP contribution in [-0.4, -0.2) is 0 Å². The van der Waals surface area contributed by atoms with E-state index in [0.717, 1.165) is 23.7 Å². The summed E-state index contributed by atoms with van der Waals surface area (Å²) in [5.74, 6) is 4.26. The molecule has 0 aliphatic heterocycles. The first-order chi connectivity index (χ1) is 12.0. The first-order valence-electron chi connectivity index (χ1n) is 12.0. The molecule has 4 aliphatic rings. The number of fused-ring (bicyclic) bond motifs is 5. The number of rotatable bonds is 4. The summed E-state index contributed by atoms with van der Waals surface area (Å²) in [7, 11) is 0. The highest BCUT2D eigenvalue weighted by Gasteiger charge is 2.62. The molecule has 144 valence electrons. The zero-order valence-electron chi connectivity index (χ0n) is 17.7. The molecule has 4 aliphatic carbocycles. The molecule has 7 atom stereocenters. The van der Waals surface area contributed by atoms with Crippen molar-refractivity contribution in [3.05, 3.63) is 0 Å². The molecule has 4 fully saturated rings. The Morgan fingerprint density at radius 3 is 2.36 bits per heavy atom. The van der Waals surface area contributed by atoms with E-state index in [2.05, 4.69) is 27.7 Å². The molecular formula is C25H44. The van der Waals surface area contributed by atoms with Gasteiger partial charge in [0.2, 0.25) is 0 Å². The second-order valence-electron chi connectivity index (χ2n) is 11.1. The molecule has 0 radical (unpaired) electrons. The zero-order chi connectivity index (χ0) is 17.7. The van der Waals surface area contributed by atoms with Crippen LogP contribution in [0.5, 0.6) is 0 Å². The van der Waals surface area contributed by atoms with Crippen LogP contribution in [0.4, 0.5) is 0 Å². The van der Waals surface area contributed by atoms with E-state index in [0.29, 0.717) is 16.2 Å². The highest BCUT2D eigenvalue weighted by molar-refractivity contribution is 5.12. The third-order valence-electron chi connectivity index (χ3n) is 10.8. The summed E-state index contributed by atoms with van der Waals surface area (Å²) in [6.07, 6.45) is 21.4. The van der Waals surface area contributed by atoms with Gasteiger partial charge in [0.05, 0.1) is 0 Å². The molecule has 0 nitrogen and oxygen atoms in total. The van der Waals surface area contributed by atoms with Crippen molar-refractivity contribution in [1.82, 2.24) is 0 Å². The summed E-state index contributed by atoms with van der Waals surface area (Å²) in [6.45, 7) is 10.4. The van der Waals surface area contributed by atoms with E-state index in [1.165, 1.54) is 38.5 Å². The average molecular weight is 345 g/mol. The molecule has 0 heterocycles. The lowest BCUT2D eigenvalue weighted by atomic mass is 9.39. The van der Waals surface area contributed by atoms with Gasteiger partial charge in [-0.05, 0) is 104 Å². The van der Waals surface area contributed by atoms with Crippen LogP contribution in [0.25, 0.3) is 0 Å². The van der Waals surface area contributed by atoms with Crippen molar-refractivity contribution < 1.29 is 0 Å². The smallest absolute Gasteiger partial charge is 0.0238 e. The van der Waals surface area contributed by atoms with Crippen molar-refractivity contribution in [2.75, 3.05) is 0 Å². The quantitative estimate of drug-likeness (QED) is 0.484. The minimum absolute atomic E-state index is 0.672. The molecule has 0 N–H and O–H groups in total. The van der Waals surface area contributed by atoms with E-state index in [9.17, 15) is 0 Å². The predicted molar refractivity (Wildman–Crippen MR) is 109 cm³/mol. The van der Waals surface area contributed by atoms with E-state index >= 15 is 0 Å². The van der Waals surface area contributed by atoms with Crippen LogP contribution < -0.4 is 0 Å². The van der Waals surface area contributed by atoms with Crippen LogP contribution in [0.2, 0.25) is 0 Å². The molecule has 0 spiro atoms. The molecular weight excluding hydrogens is 300 g/mol.